The van der Waals surface area contributed by atoms with E-state index < -0.39 is 0 Å². The molecule has 26 heavy (non-hydrogen) atoms. The average Bonchev–Trinajstić information content (AvgIpc) is 3.28. The van der Waals surface area contributed by atoms with Crippen molar-refractivity contribution < 1.29 is 4.52 Å². The lowest BCUT2D eigenvalue weighted by atomic mass is 10.1. The van der Waals surface area contributed by atoms with Crippen LogP contribution in [0.2, 0.25) is 0 Å². The summed E-state index contributed by atoms with van der Waals surface area (Å²) in [4.78, 5) is 0.772. The maximum Gasteiger partial charge on any atom is 0.235 e. The molecule has 136 valence electrons. The summed E-state index contributed by atoms with van der Waals surface area (Å²) in [6.07, 6.45) is 1.61. The Morgan fingerprint density at radius 3 is 2.69 bits per heavy atom. The number of aromatic nitrogens is 7. The fraction of sp³-hybridized carbons (Fsp3) is 0.471. The van der Waals surface area contributed by atoms with Crippen LogP contribution < -0.4 is 0 Å². The zero-order valence-electron chi connectivity index (χ0n) is 15.5. The Bertz CT molecular complexity index is 1050. The molecular formula is C17H21N7OS. The van der Waals surface area contributed by atoms with Gasteiger partial charge in [0, 0.05) is 19.0 Å². The van der Waals surface area contributed by atoms with Crippen LogP contribution in [0.5, 0.6) is 0 Å². The Morgan fingerprint density at radius 2 is 2.00 bits per heavy atom. The van der Waals surface area contributed by atoms with Crippen molar-refractivity contribution in [2.75, 3.05) is 0 Å². The van der Waals surface area contributed by atoms with Crippen LogP contribution in [-0.2, 0) is 19.9 Å². The molecule has 0 amide bonds. The van der Waals surface area contributed by atoms with Crippen molar-refractivity contribution in [3.8, 4) is 11.5 Å². The molecule has 0 radical (unpaired) electrons. The van der Waals surface area contributed by atoms with E-state index in [-0.39, 0.29) is 0 Å². The highest BCUT2D eigenvalue weighted by atomic mass is 32.1. The van der Waals surface area contributed by atoms with Gasteiger partial charge >= 0.3 is 0 Å². The summed E-state index contributed by atoms with van der Waals surface area (Å²) >= 11 is 1.53. The number of aryl methyl sites for hydroxylation is 3. The van der Waals surface area contributed by atoms with Gasteiger partial charge in [-0.25, -0.2) is 0 Å². The molecule has 0 spiro atoms. The first kappa shape index (κ1) is 16.9. The summed E-state index contributed by atoms with van der Waals surface area (Å²) in [6.45, 7) is 8.24. The van der Waals surface area contributed by atoms with Crippen LogP contribution in [-0.4, -0.2) is 34.7 Å². The van der Waals surface area contributed by atoms with E-state index in [2.05, 4.69) is 40.4 Å². The summed E-state index contributed by atoms with van der Waals surface area (Å²) in [5, 5.41) is 22.9. The SMILES string of the molecule is Cc1noc(C)c1Cc1nn2c(-c3cc(CC(C)C)nn3C)nnc2s1. The van der Waals surface area contributed by atoms with Crippen molar-refractivity contribution in [3.63, 3.8) is 0 Å². The van der Waals surface area contributed by atoms with Crippen LogP contribution in [0.4, 0.5) is 0 Å². The van der Waals surface area contributed by atoms with E-state index in [4.69, 9.17) is 9.62 Å². The Morgan fingerprint density at radius 1 is 1.19 bits per heavy atom. The molecular weight excluding hydrogens is 350 g/mol. The minimum Gasteiger partial charge on any atom is -0.361 e. The molecule has 0 bridgehead atoms. The van der Waals surface area contributed by atoms with E-state index >= 15 is 0 Å². The van der Waals surface area contributed by atoms with Gasteiger partial charge in [-0.15, -0.1) is 10.2 Å². The fourth-order valence-corrected chi connectivity index (χ4v) is 3.89. The second-order valence-corrected chi connectivity index (χ2v) is 7.98. The monoisotopic (exact) mass is 371 g/mol. The Labute approximate surface area is 154 Å². The molecule has 0 saturated carbocycles. The number of hydrogen-bond donors (Lipinski definition) is 0. The van der Waals surface area contributed by atoms with Crippen LogP contribution in [0.1, 0.15) is 41.6 Å². The maximum atomic E-state index is 5.25. The first-order chi connectivity index (χ1) is 12.4. The number of nitrogens with zero attached hydrogens (tertiary/aromatic N) is 7. The van der Waals surface area contributed by atoms with Gasteiger partial charge in [0.25, 0.3) is 0 Å². The molecule has 4 rings (SSSR count). The molecule has 0 aliphatic carbocycles. The van der Waals surface area contributed by atoms with E-state index in [1.165, 1.54) is 11.3 Å². The van der Waals surface area contributed by atoms with Crippen molar-refractivity contribution in [3.05, 3.63) is 33.8 Å². The molecule has 0 aromatic carbocycles. The third kappa shape index (κ3) is 2.92. The lowest BCUT2D eigenvalue weighted by Gasteiger charge is -1.98. The molecule has 0 aliphatic rings. The van der Waals surface area contributed by atoms with Crippen LogP contribution >= 0.6 is 11.3 Å². The molecule has 4 aromatic heterocycles. The molecule has 9 heteroatoms. The standard InChI is InChI=1S/C17H21N7OS/c1-9(2)6-12-7-14(23(5)20-12)16-18-19-17-24(16)21-15(26-17)8-13-10(3)22-25-11(13)4/h7,9H,6,8H2,1-5H3. The molecule has 8 nitrogen and oxygen atoms in total. The normalized spacial score (nSPS) is 11.9. The first-order valence-electron chi connectivity index (χ1n) is 8.58. The summed E-state index contributed by atoms with van der Waals surface area (Å²) in [7, 11) is 1.93. The van der Waals surface area contributed by atoms with Crippen molar-refractivity contribution in [1.82, 2.24) is 34.7 Å². The van der Waals surface area contributed by atoms with E-state index in [1.54, 1.807) is 4.52 Å². The van der Waals surface area contributed by atoms with Gasteiger partial charge in [0.1, 0.15) is 16.5 Å². The van der Waals surface area contributed by atoms with Gasteiger partial charge in [0.2, 0.25) is 10.8 Å². The minimum absolute atomic E-state index is 0.553. The highest BCUT2D eigenvalue weighted by Gasteiger charge is 2.19. The number of hydrogen-bond acceptors (Lipinski definition) is 7. The molecule has 0 N–H and O–H groups in total. The zero-order valence-corrected chi connectivity index (χ0v) is 16.3. The predicted octanol–water partition coefficient (Wildman–Crippen LogP) is 2.98. The first-order valence-corrected chi connectivity index (χ1v) is 9.40. The molecule has 0 saturated heterocycles. The van der Waals surface area contributed by atoms with Gasteiger partial charge in [0.15, 0.2) is 0 Å². The Hall–Kier alpha value is -2.55. The second-order valence-electron chi connectivity index (χ2n) is 6.94. The van der Waals surface area contributed by atoms with Crippen molar-refractivity contribution >= 4 is 16.3 Å². The Kier molecular flexibility index (Phi) is 4.10. The van der Waals surface area contributed by atoms with E-state index in [9.17, 15) is 0 Å². The van der Waals surface area contributed by atoms with Gasteiger partial charge in [0.05, 0.1) is 11.4 Å². The molecule has 0 unspecified atom stereocenters. The topological polar surface area (TPSA) is 86.9 Å². The van der Waals surface area contributed by atoms with Crippen LogP contribution in [0.3, 0.4) is 0 Å². The fourth-order valence-electron chi connectivity index (χ4n) is 3.05. The van der Waals surface area contributed by atoms with Crippen LogP contribution in [0.25, 0.3) is 16.5 Å². The second kappa shape index (κ2) is 6.31. The quantitative estimate of drug-likeness (QED) is 0.536. The van der Waals surface area contributed by atoms with E-state index in [0.717, 1.165) is 44.8 Å². The zero-order chi connectivity index (χ0) is 18.4. The third-order valence-corrected chi connectivity index (χ3v) is 5.22. The maximum absolute atomic E-state index is 5.25. The number of fused-ring (bicyclic) bond motifs is 1. The Balaban J connectivity index is 1.70. The average molecular weight is 371 g/mol. The highest BCUT2D eigenvalue weighted by molar-refractivity contribution is 7.16. The summed E-state index contributed by atoms with van der Waals surface area (Å²) in [6, 6.07) is 2.07. The van der Waals surface area contributed by atoms with Crippen LogP contribution in [0, 0.1) is 19.8 Å². The highest BCUT2D eigenvalue weighted by Crippen LogP contribution is 2.25. The summed E-state index contributed by atoms with van der Waals surface area (Å²) < 4.78 is 8.90. The van der Waals surface area contributed by atoms with Crippen molar-refractivity contribution in [2.24, 2.45) is 13.0 Å². The lowest BCUT2D eigenvalue weighted by Crippen LogP contribution is -2.00. The van der Waals surface area contributed by atoms with Crippen LogP contribution in [0.15, 0.2) is 10.6 Å². The smallest absolute Gasteiger partial charge is 0.235 e. The van der Waals surface area contributed by atoms with Crippen molar-refractivity contribution in [1.29, 1.82) is 0 Å². The van der Waals surface area contributed by atoms with E-state index in [1.807, 2.05) is 25.6 Å². The number of rotatable bonds is 5. The molecule has 0 atom stereocenters. The molecule has 0 aliphatic heterocycles. The lowest BCUT2D eigenvalue weighted by molar-refractivity contribution is 0.392. The third-order valence-electron chi connectivity index (χ3n) is 4.32. The van der Waals surface area contributed by atoms with Gasteiger partial charge in [-0.3, -0.25) is 4.68 Å². The largest absolute Gasteiger partial charge is 0.361 e. The predicted molar refractivity (Wildman–Crippen MR) is 98.2 cm³/mol. The summed E-state index contributed by atoms with van der Waals surface area (Å²) in [5.74, 6) is 2.10. The van der Waals surface area contributed by atoms with Gasteiger partial charge in [-0.05, 0) is 32.3 Å². The van der Waals surface area contributed by atoms with Gasteiger partial charge in [-0.1, -0.05) is 30.3 Å². The summed E-state index contributed by atoms with van der Waals surface area (Å²) in [5.41, 5.74) is 3.96. The molecule has 4 aromatic rings. The van der Waals surface area contributed by atoms with Gasteiger partial charge in [-0.2, -0.15) is 14.7 Å². The minimum atomic E-state index is 0.553. The molecule has 4 heterocycles. The van der Waals surface area contributed by atoms with E-state index in [0.29, 0.717) is 18.2 Å². The molecule has 0 fully saturated rings. The van der Waals surface area contributed by atoms with Crippen molar-refractivity contribution in [2.45, 2.75) is 40.5 Å². The van der Waals surface area contributed by atoms with Gasteiger partial charge < -0.3 is 4.52 Å².